The summed E-state index contributed by atoms with van der Waals surface area (Å²) in [6.45, 7) is 0.376. The lowest BCUT2D eigenvalue weighted by molar-refractivity contribution is 0.602. The van der Waals surface area contributed by atoms with Crippen LogP contribution in [0, 0.1) is 5.82 Å². The standard InChI is InChI=1S/C13H10FN3O/c14-11-4-2-1-3-9(11)8-17-6-5-10-12(17)7-15-16-13(10)18/h1-7H,8H2,(H,16,18). The van der Waals surface area contributed by atoms with Crippen LogP contribution in [0.4, 0.5) is 4.39 Å². The number of hydrogen-bond donors (Lipinski definition) is 1. The Morgan fingerprint density at radius 3 is 2.94 bits per heavy atom. The molecule has 0 aliphatic heterocycles. The van der Waals surface area contributed by atoms with Crippen molar-refractivity contribution in [2.75, 3.05) is 0 Å². The highest BCUT2D eigenvalue weighted by molar-refractivity contribution is 5.77. The van der Waals surface area contributed by atoms with Gasteiger partial charge >= 0.3 is 0 Å². The van der Waals surface area contributed by atoms with Crippen molar-refractivity contribution in [3.63, 3.8) is 0 Å². The maximum absolute atomic E-state index is 13.6. The Morgan fingerprint density at radius 1 is 1.28 bits per heavy atom. The van der Waals surface area contributed by atoms with E-state index < -0.39 is 0 Å². The van der Waals surface area contributed by atoms with E-state index in [0.717, 1.165) is 0 Å². The summed E-state index contributed by atoms with van der Waals surface area (Å²) >= 11 is 0. The fourth-order valence-electron chi connectivity index (χ4n) is 1.98. The fraction of sp³-hybridized carbons (Fsp3) is 0.0769. The van der Waals surface area contributed by atoms with E-state index >= 15 is 0 Å². The molecule has 2 aromatic heterocycles. The molecular formula is C13H10FN3O. The number of benzene rings is 1. The first-order chi connectivity index (χ1) is 8.75. The molecule has 0 saturated heterocycles. The van der Waals surface area contributed by atoms with Crippen LogP contribution in [0.25, 0.3) is 10.9 Å². The number of H-pyrrole nitrogens is 1. The molecular weight excluding hydrogens is 233 g/mol. The fourth-order valence-corrected chi connectivity index (χ4v) is 1.98. The SMILES string of the molecule is O=c1[nH]ncc2c1ccn2Cc1ccccc1F. The van der Waals surface area contributed by atoms with Crippen molar-refractivity contribution in [2.45, 2.75) is 6.54 Å². The number of aromatic nitrogens is 3. The van der Waals surface area contributed by atoms with Crippen LogP contribution >= 0.6 is 0 Å². The molecule has 1 aromatic carbocycles. The lowest BCUT2D eigenvalue weighted by Crippen LogP contribution is -2.08. The molecule has 5 heteroatoms. The van der Waals surface area contributed by atoms with Crippen LogP contribution in [0.15, 0.2) is 47.5 Å². The topological polar surface area (TPSA) is 50.7 Å². The van der Waals surface area contributed by atoms with Gasteiger partial charge in [-0.2, -0.15) is 5.10 Å². The first kappa shape index (κ1) is 10.7. The van der Waals surface area contributed by atoms with E-state index in [9.17, 15) is 9.18 Å². The summed E-state index contributed by atoms with van der Waals surface area (Å²) in [5.74, 6) is -0.253. The summed E-state index contributed by atoms with van der Waals surface area (Å²) in [5.41, 5.74) is 1.04. The van der Waals surface area contributed by atoms with Gasteiger partial charge in [-0.3, -0.25) is 4.79 Å². The van der Waals surface area contributed by atoms with Gasteiger partial charge < -0.3 is 4.57 Å². The zero-order chi connectivity index (χ0) is 12.5. The van der Waals surface area contributed by atoms with Gasteiger partial charge in [-0.1, -0.05) is 18.2 Å². The molecule has 0 bridgehead atoms. The van der Waals surface area contributed by atoms with E-state index in [1.54, 1.807) is 41.2 Å². The summed E-state index contributed by atoms with van der Waals surface area (Å²) < 4.78 is 15.4. The first-order valence-corrected chi connectivity index (χ1v) is 5.51. The second-order valence-corrected chi connectivity index (χ2v) is 4.03. The zero-order valence-corrected chi connectivity index (χ0v) is 9.43. The van der Waals surface area contributed by atoms with Gasteiger partial charge in [-0.15, -0.1) is 0 Å². The molecule has 4 nitrogen and oxygen atoms in total. The van der Waals surface area contributed by atoms with E-state index in [0.29, 0.717) is 23.0 Å². The number of fused-ring (bicyclic) bond motifs is 1. The van der Waals surface area contributed by atoms with Crippen molar-refractivity contribution >= 4 is 10.9 Å². The van der Waals surface area contributed by atoms with Crippen LogP contribution in [0.1, 0.15) is 5.56 Å². The molecule has 0 radical (unpaired) electrons. The number of nitrogens with one attached hydrogen (secondary N) is 1. The van der Waals surface area contributed by atoms with Crippen LogP contribution < -0.4 is 5.56 Å². The molecule has 90 valence electrons. The lowest BCUT2D eigenvalue weighted by atomic mass is 10.2. The van der Waals surface area contributed by atoms with Crippen LogP contribution in [-0.4, -0.2) is 14.8 Å². The van der Waals surface area contributed by atoms with Crippen molar-refractivity contribution < 1.29 is 4.39 Å². The number of aromatic amines is 1. The van der Waals surface area contributed by atoms with Crippen LogP contribution in [0.2, 0.25) is 0 Å². The molecule has 0 fully saturated rings. The van der Waals surface area contributed by atoms with Crippen LogP contribution in [0.3, 0.4) is 0 Å². The molecule has 0 unspecified atom stereocenters. The second kappa shape index (κ2) is 4.10. The molecule has 18 heavy (non-hydrogen) atoms. The highest BCUT2D eigenvalue weighted by Crippen LogP contribution is 2.14. The number of hydrogen-bond acceptors (Lipinski definition) is 2. The summed E-state index contributed by atoms with van der Waals surface area (Å²) in [7, 11) is 0. The largest absolute Gasteiger partial charge is 0.341 e. The predicted molar refractivity (Wildman–Crippen MR) is 65.9 cm³/mol. The van der Waals surface area contributed by atoms with Crippen molar-refractivity contribution in [3.05, 3.63) is 64.5 Å². The third kappa shape index (κ3) is 1.69. The Kier molecular flexibility index (Phi) is 2.44. The first-order valence-electron chi connectivity index (χ1n) is 5.51. The third-order valence-corrected chi connectivity index (χ3v) is 2.90. The Bertz CT molecular complexity index is 760. The van der Waals surface area contributed by atoms with E-state index in [1.807, 2.05) is 0 Å². The summed E-state index contributed by atoms with van der Waals surface area (Å²) in [6.07, 6.45) is 3.33. The molecule has 0 amide bonds. The van der Waals surface area contributed by atoms with Crippen LogP contribution in [-0.2, 0) is 6.54 Å². The Labute approximate surface area is 102 Å². The molecule has 0 aliphatic carbocycles. The smallest absolute Gasteiger partial charge is 0.273 e. The average Bonchev–Trinajstić information content (AvgIpc) is 2.77. The molecule has 2 heterocycles. The summed E-state index contributed by atoms with van der Waals surface area (Å²) in [5, 5.41) is 6.68. The van der Waals surface area contributed by atoms with Crippen molar-refractivity contribution in [3.8, 4) is 0 Å². The van der Waals surface area contributed by atoms with Gasteiger partial charge in [0.1, 0.15) is 5.82 Å². The van der Waals surface area contributed by atoms with Crippen LogP contribution in [0.5, 0.6) is 0 Å². The Balaban J connectivity index is 2.09. The Morgan fingerprint density at radius 2 is 2.11 bits per heavy atom. The van der Waals surface area contributed by atoms with Gasteiger partial charge in [0.25, 0.3) is 5.56 Å². The Hall–Kier alpha value is -2.43. The summed E-state index contributed by atoms with van der Waals surface area (Å²) in [4.78, 5) is 11.5. The minimum Gasteiger partial charge on any atom is -0.341 e. The maximum Gasteiger partial charge on any atom is 0.273 e. The van der Waals surface area contributed by atoms with Gasteiger partial charge in [0, 0.05) is 11.8 Å². The van der Waals surface area contributed by atoms with Gasteiger partial charge in [-0.05, 0) is 12.1 Å². The monoisotopic (exact) mass is 243 g/mol. The average molecular weight is 243 g/mol. The van der Waals surface area contributed by atoms with Gasteiger partial charge in [0.2, 0.25) is 0 Å². The van der Waals surface area contributed by atoms with Gasteiger partial charge in [0.05, 0.1) is 23.6 Å². The maximum atomic E-state index is 13.6. The molecule has 0 aliphatic rings. The molecule has 0 atom stereocenters. The molecule has 0 saturated carbocycles. The zero-order valence-electron chi connectivity index (χ0n) is 9.43. The molecule has 1 N–H and O–H groups in total. The number of rotatable bonds is 2. The summed E-state index contributed by atoms with van der Waals surface area (Å²) in [6, 6.07) is 8.29. The third-order valence-electron chi connectivity index (χ3n) is 2.90. The molecule has 0 spiro atoms. The number of nitrogens with zero attached hydrogens (tertiary/aromatic N) is 2. The minimum absolute atomic E-state index is 0.236. The van der Waals surface area contributed by atoms with Gasteiger partial charge in [0.15, 0.2) is 0 Å². The number of halogens is 1. The minimum atomic E-state index is -0.253. The quantitative estimate of drug-likeness (QED) is 0.747. The van der Waals surface area contributed by atoms with Crippen molar-refractivity contribution in [2.24, 2.45) is 0 Å². The van der Waals surface area contributed by atoms with Crippen molar-refractivity contribution in [1.29, 1.82) is 0 Å². The van der Waals surface area contributed by atoms with E-state index in [4.69, 9.17) is 0 Å². The van der Waals surface area contributed by atoms with E-state index in [-0.39, 0.29) is 11.4 Å². The van der Waals surface area contributed by atoms with E-state index in [1.165, 1.54) is 6.07 Å². The predicted octanol–water partition coefficient (Wildman–Crippen LogP) is 1.91. The normalized spacial score (nSPS) is 10.9. The highest BCUT2D eigenvalue weighted by Gasteiger charge is 2.07. The van der Waals surface area contributed by atoms with E-state index in [2.05, 4.69) is 10.2 Å². The molecule has 3 aromatic rings. The molecule has 3 rings (SSSR count). The lowest BCUT2D eigenvalue weighted by Gasteiger charge is -2.06. The second-order valence-electron chi connectivity index (χ2n) is 4.03. The van der Waals surface area contributed by atoms with Gasteiger partial charge in [-0.25, -0.2) is 9.49 Å². The highest BCUT2D eigenvalue weighted by atomic mass is 19.1. The van der Waals surface area contributed by atoms with Crippen molar-refractivity contribution in [1.82, 2.24) is 14.8 Å².